The molecule has 198 valence electrons. The smallest absolute Gasteiger partial charge is 0.300 e. The molecule has 1 saturated heterocycles. The number of rotatable bonds is 9. The van der Waals surface area contributed by atoms with Crippen LogP contribution in [0, 0.1) is 13.8 Å². The molecule has 0 bridgehead atoms. The molecule has 0 aliphatic carbocycles. The molecular weight excluding hydrogens is 476 g/mol. The number of ketones is 1. The Morgan fingerprint density at radius 2 is 1.66 bits per heavy atom. The minimum Gasteiger partial charge on any atom is -0.507 e. The van der Waals surface area contributed by atoms with Crippen LogP contribution in [-0.4, -0.2) is 36.5 Å². The summed E-state index contributed by atoms with van der Waals surface area (Å²) < 4.78 is 5.78. The highest BCUT2D eigenvalue weighted by Gasteiger charge is 2.47. The van der Waals surface area contributed by atoms with E-state index in [2.05, 4.69) is 18.7 Å². The predicted molar refractivity (Wildman–Crippen MR) is 153 cm³/mol. The summed E-state index contributed by atoms with van der Waals surface area (Å²) in [4.78, 5) is 30.7. The Labute approximate surface area is 225 Å². The lowest BCUT2D eigenvalue weighted by Crippen LogP contribution is -2.29. The van der Waals surface area contributed by atoms with Crippen LogP contribution in [0.4, 0.5) is 11.4 Å². The molecule has 1 fully saturated rings. The van der Waals surface area contributed by atoms with E-state index in [1.807, 2.05) is 69.3 Å². The molecule has 4 rings (SSSR count). The van der Waals surface area contributed by atoms with E-state index in [-0.39, 0.29) is 11.3 Å². The first-order chi connectivity index (χ1) is 18.3. The number of carbonyl (C=O) groups is 2. The Bertz CT molecular complexity index is 1360. The van der Waals surface area contributed by atoms with Crippen molar-refractivity contribution in [3.8, 4) is 5.75 Å². The first kappa shape index (κ1) is 27.0. The summed E-state index contributed by atoms with van der Waals surface area (Å²) >= 11 is 0. The molecule has 0 spiro atoms. The SMILES string of the molecule is CCCOc1ccc(/C(O)=C2/C(=O)C(=O)N(c3cccc(C)c3)C2c2ccc(N(CC)CC)cc2)cc1C. The van der Waals surface area contributed by atoms with Crippen LogP contribution in [-0.2, 0) is 9.59 Å². The summed E-state index contributed by atoms with van der Waals surface area (Å²) in [5.74, 6) is -0.825. The molecule has 0 saturated carbocycles. The van der Waals surface area contributed by atoms with Gasteiger partial charge in [0.15, 0.2) is 0 Å². The largest absolute Gasteiger partial charge is 0.507 e. The van der Waals surface area contributed by atoms with Gasteiger partial charge in [0.25, 0.3) is 11.7 Å². The van der Waals surface area contributed by atoms with E-state index in [1.165, 1.54) is 4.90 Å². The molecule has 3 aromatic rings. The normalized spacial score (nSPS) is 16.7. The number of aryl methyl sites for hydroxylation is 2. The summed E-state index contributed by atoms with van der Waals surface area (Å²) in [7, 11) is 0. The summed E-state index contributed by atoms with van der Waals surface area (Å²) in [6, 6.07) is 19.9. The van der Waals surface area contributed by atoms with Gasteiger partial charge < -0.3 is 14.7 Å². The van der Waals surface area contributed by atoms with Crippen molar-refractivity contribution in [2.24, 2.45) is 0 Å². The number of hydrogen-bond acceptors (Lipinski definition) is 5. The van der Waals surface area contributed by atoms with Crippen molar-refractivity contribution in [3.05, 3.63) is 94.6 Å². The molecule has 1 heterocycles. The predicted octanol–water partition coefficient (Wildman–Crippen LogP) is 6.56. The average Bonchev–Trinajstić information content (AvgIpc) is 3.18. The van der Waals surface area contributed by atoms with Gasteiger partial charge in [0.05, 0.1) is 18.2 Å². The molecule has 0 radical (unpaired) electrons. The number of amides is 1. The van der Waals surface area contributed by atoms with Gasteiger partial charge in [0.1, 0.15) is 11.5 Å². The highest BCUT2D eigenvalue weighted by molar-refractivity contribution is 6.51. The maximum atomic E-state index is 13.5. The number of hydrogen-bond donors (Lipinski definition) is 1. The van der Waals surface area contributed by atoms with Gasteiger partial charge in [-0.05, 0) is 93.3 Å². The van der Waals surface area contributed by atoms with Crippen molar-refractivity contribution in [2.75, 3.05) is 29.5 Å². The Morgan fingerprint density at radius 1 is 0.947 bits per heavy atom. The summed E-state index contributed by atoms with van der Waals surface area (Å²) in [6.07, 6.45) is 0.886. The van der Waals surface area contributed by atoms with Crippen LogP contribution in [0.25, 0.3) is 5.76 Å². The number of aliphatic hydroxyl groups excluding tert-OH is 1. The van der Waals surface area contributed by atoms with Crippen LogP contribution < -0.4 is 14.5 Å². The van der Waals surface area contributed by atoms with E-state index in [1.54, 1.807) is 18.2 Å². The second-order valence-corrected chi connectivity index (χ2v) is 9.60. The van der Waals surface area contributed by atoms with Gasteiger partial charge >= 0.3 is 0 Å². The first-order valence-corrected chi connectivity index (χ1v) is 13.3. The fraction of sp³-hybridized carbons (Fsp3) is 0.312. The van der Waals surface area contributed by atoms with Gasteiger partial charge in [-0.3, -0.25) is 14.5 Å². The van der Waals surface area contributed by atoms with E-state index < -0.39 is 17.7 Å². The zero-order valence-electron chi connectivity index (χ0n) is 22.8. The molecule has 1 atom stereocenters. The van der Waals surface area contributed by atoms with Crippen molar-refractivity contribution >= 4 is 28.8 Å². The molecule has 1 aliphatic rings. The molecular formula is C32H36N2O4. The maximum absolute atomic E-state index is 13.5. The molecule has 1 amide bonds. The lowest BCUT2D eigenvalue weighted by atomic mass is 9.94. The lowest BCUT2D eigenvalue weighted by Gasteiger charge is -2.27. The van der Waals surface area contributed by atoms with Gasteiger partial charge in [-0.15, -0.1) is 0 Å². The fourth-order valence-electron chi connectivity index (χ4n) is 4.97. The van der Waals surface area contributed by atoms with E-state index in [9.17, 15) is 14.7 Å². The van der Waals surface area contributed by atoms with Gasteiger partial charge in [-0.2, -0.15) is 0 Å². The fourth-order valence-corrected chi connectivity index (χ4v) is 4.97. The molecule has 1 unspecified atom stereocenters. The Morgan fingerprint density at radius 3 is 2.26 bits per heavy atom. The third-order valence-corrected chi connectivity index (χ3v) is 6.97. The highest BCUT2D eigenvalue weighted by atomic mass is 16.5. The number of Topliss-reactive ketones (excluding diaryl/α,β-unsaturated/α-hetero) is 1. The van der Waals surface area contributed by atoms with Gasteiger partial charge in [0.2, 0.25) is 0 Å². The molecule has 0 aromatic heterocycles. The van der Waals surface area contributed by atoms with E-state index in [0.29, 0.717) is 17.9 Å². The average molecular weight is 513 g/mol. The highest BCUT2D eigenvalue weighted by Crippen LogP contribution is 2.43. The Hall–Kier alpha value is -4.06. The first-order valence-electron chi connectivity index (χ1n) is 13.3. The third kappa shape index (κ3) is 5.17. The maximum Gasteiger partial charge on any atom is 0.300 e. The molecule has 1 N–H and O–H groups in total. The minimum atomic E-state index is -0.765. The molecule has 6 nitrogen and oxygen atoms in total. The Kier molecular flexibility index (Phi) is 8.20. The number of ether oxygens (including phenoxy) is 1. The number of aliphatic hydroxyl groups is 1. The number of benzene rings is 3. The van der Waals surface area contributed by atoms with Gasteiger partial charge in [-0.1, -0.05) is 31.2 Å². The third-order valence-electron chi connectivity index (χ3n) is 6.97. The summed E-state index contributed by atoms with van der Waals surface area (Å²) in [6.45, 7) is 12.4. The van der Waals surface area contributed by atoms with Crippen LogP contribution in [0.5, 0.6) is 5.75 Å². The molecule has 1 aliphatic heterocycles. The number of anilines is 2. The summed E-state index contributed by atoms with van der Waals surface area (Å²) in [5, 5.41) is 11.5. The van der Waals surface area contributed by atoms with Crippen molar-refractivity contribution in [2.45, 2.75) is 47.1 Å². The van der Waals surface area contributed by atoms with Crippen molar-refractivity contribution in [1.82, 2.24) is 0 Å². The Balaban J connectivity index is 1.86. The van der Waals surface area contributed by atoms with E-state index in [0.717, 1.165) is 47.6 Å². The number of nitrogens with zero attached hydrogens (tertiary/aromatic N) is 2. The molecule has 3 aromatic carbocycles. The van der Waals surface area contributed by atoms with Crippen molar-refractivity contribution < 1.29 is 19.4 Å². The zero-order chi connectivity index (χ0) is 27.4. The summed E-state index contributed by atoms with van der Waals surface area (Å²) in [5.41, 5.74) is 4.79. The lowest BCUT2D eigenvalue weighted by molar-refractivity contribution is -0.132. The van der Waals surface area contributed by atoms with Crippen molar-refractivity contribution in [3.63, 3.8) is 0 Å². The van der Waals surface area contributed by atoms with Crippen LogP contribution in [0.2, 0.25) is 0 Å². The van der Waals surface area contributed by atoms with Crippen LogP contribution in [0.1, 0.15) is 55.5 Å². The van der Waals surface area contributed by atoms with Crippen LogP contribution in [0.3, 0.4) is 0 Å². The zero-order valence-corrected chi connectivity index (χ0v) is 22.8. The van der Waals surface area contributed by atoms with Gasteiger partial charge in [-0.25, -0.2) is 0 Å². The van der Waals surface area contributed by atoms with E-state index >= 15 is 0 Å². The quantitative estimate of drug-likeness (QED) is 0.200. The minimum absolute atomic E-state index is 0.0775. The molecule has 6 heteroatoms. The topological polar surface area (TPSA) is 70.1 Å². The van der Waals surface area contributed by atoms with Gasteiger partial charge in [0, 0.05) is 30.0 Å². The van der Waals surface area contributed by atoms with Crippen molar-refractivity contribution in [1.29, 1.82) is 0 Å². The standard InChI is InChI=1S/C32H36N2O4/c1-6-18-38-27-17-14-24(20-22(27)5)30(35)28-29(23-12-15-25(16-13-23)33(7-2)8-3)34(32(37)31(28)36)26-11-9-10-21(4)19-26/h9-17,19-20,29,35H,6-8,18H2,1-5H3/b30-28-. The van der Waals surface area contributed by atoms with Crippen LogP contribution in [0.15, 0.2) is 72.3 Å². The second-order valence-electron chi connectivity index (χ2n) is 9.60. The molecule has 38 heavy (non-hydrogen) atoms. The second kappa shape index (κ2) is 11.5. The monoisotopic (exact) mass is 512 g/mol. The van der Waals surface area contributed by atoms with Crippen LogP contribution >= 0.6 is 0 Å². The number of carbonyl (C=O) groups excluding carboxylic acids is 2. The van der Waals surface area contributed by atoms with E-state index in [4.69, 9.17) is 4.74 Å².